The van der Waals surface area contributed by atoms with E-state index in [9.17, 15) is 14.7 Å². The van der Waals surface area contributed by atoms with Crippen molar-refractivity contribution in [2.24, 2.45) is 0 Å². The third-order valence-electron chi connectivity index (χ3n) is 5.81. The molecule has 8 heteroatoms. The van der Waals surface area contributed by atoms with E-state index in [4.69, 9.17) is 9.47 Å². The second-order valence-corrected chi connectivity index (χ2v) is 8.43. The highest BCUT2D eigenvalue weighted by molar-refractivity contribution is 9.10. The first-order valence-corrected chi connectivity index (χ1v) is 9.95. The van der Waals surface area contributed by atoms with Gasteiger partial charge in [0.05, 0.1) is 19.3 Å². The van der Waals surface area contributed by atoms with E-state index < -0.39 is 17.9 Å². The molecule has 7 nitrogen and oxygen atoms in total. The summed E-state index contributed by atoms with van der Waals surface area (Å²) in [6.45, 7) is 1.72. The average molecular weight is 439 g/mol. The first kappa shape index (κ1) is 18.9. The number of amides is 1. The van der Waals surface area contributed by atoms with Crippen LogP contribution in [0.25, 0.3) is 0 Å². The van der Waals surface area contributed by atoms with Crippen LogP contribution in [0.5, 0.6) is 0 Å². The van der Waals surface area contributed by atoms with Gasteiger partial charge in [-0.1, -0.05) is 15.9 Å². The minimum atomic E-state index is -0.959. The molecule has 2 fully saturated rings. The zero-order valence-corrected chi connectivity index (χ0v) is 16.8. The highest BCUT2D eigenvalue weighted by Crippen LogP contribution is 2.39. The van der Waals surface area contributed by atoms with Crippen LogP contribution in [0.1, 0.15) is 35.2 Å². The normalized spacial score (nSPS) is 28.8. The predicted octanol–water partition coefficient (Wildman–Crippen LogP) is 1.52. The monoisotopic (exact) mass is 438 g/mol. The summed E-state index contributed by atoms with van der Waals surface area (Å²) < 4.78 is 11.8. The summed E-state index contributed by atoms with van der Waals surface area (Å²) in [5, 5.41) is 10.9. The van der Waals surface area contributed by atoms with Gasteiger partial charge < -0.3 is 19.5 Å². The van der Waals surface area contributed by atoms with E-state index in [1.165, 1.54) is 7.11 Å². The lowest BCUT2D eigenvalue weighted by molar-refractivity contribution is -0.150. The Labute approximate surface area is 166 Å². The number of aliphatic hydroxyl groups excluding tert-OH is 1. The lowest BCUT2D eigenvalue weighted by Gasteiger charge is -2.31. The second kappa shape index (κ2) is 7.16. The zero-order chi connectivity index (χ0) is 19.2. The molecule has 2 unspecified atom stereocenters. The number of hydrogen-bond donors (Lipinski definition) is 1. The number of halogens is 1. The van der Waals surface area contributed by atoms with Gasteiger partial charge in [0.15, 0.2) is 0 Å². The molecule has 3 atom stereocenters. The van der Waals surface area contributed by atoms with Crippen LogP contribution in [0.15, 0.2) is 22.7 Å². The number of esters is 1. The average Bonchev–Trinajstić information content (AvgIpc) is 3.34. The number of carbonyl (C=O) groups excluding carboxylic acids is 2. The van der Waals surface area contributed by atoms with Gasteiger partial charge in [-0.3, -0.25) is 14.5 Å². The molecule has 0 aromatic heterocycles. The van der Waals surface area contributed by atoms with Crippen LogP contribution in [0, 0.1) is 0 Å². The Balaban J connectivity index is 1.49. The van der Waals surface area contributed by atoms with Gasteiger partial charge in [-0.25, -0.2) is 0 Å². The lowest BCUT2D eigenvalue weighted by Crippen LogP contribution is -2.49. The van der Waals surface area contributed by atoms with Gasteiger partial charge in [-0.2, -0.15) is 0 Å². The van der Waals surface area contributed by atoms with Crippen molar-refractivity contribution in [3.05, 3.63) is 33.8 Å². The molecule has 3 aliphatic rings. The molecule has 0 aliphatic carbocycles. The first-order chi connectivity index (χ1) is 12.9. The smallest absolute Gasteiger partial charge is 0.323 e. The molecule has 146 valence electrons. The van der Waals surface area contributed by atoms with Crippen molar-refractivity contribution in [3.63, 3.8) is 0 Å². The number of aliphatic hydroxyl groups is 1. The summed E-state index contributed by atoms with van der Waals surface area (Å²) in [5.41, 5.74) is 1.19. The summed E-state index contributed by atoms with van der Waals surface area (Å²) in [6.07, 6.45) is 1.37. The molecule has 1 N–H and O–H groups in total. The van der Waals surface area contributed by atoms with Crippen molar-refractivity contribution in [1.82, 2.24) is 9.80 Å². The van der Waals surface area contributed by atoms with Gasteiger partial charge in [0.1, 0.15) is 12.3 Å². The van der Waals surface area contributed by atoms with Crippen molar-refractivity contribution in [3.8, 4) is 0 Å². The van der Waals surface area contributed by atoms with E-state index in [1.807, 2.05) is 12.1 Å². The number of nitrogens with zero attached hydrogens (tertiary/aromatic N) is 2. The van der Waals surface area contributed by atoms with Gasteiger partial charge in [-0.15, -0.1) is 0 Å². The minimum absolute atomic E-state index is 0.0998. The Morgan fingerprint density at radius 2 is 2.33 bits per heavy atom. The van der Waals surface area contributed by atoms with E-state index in [-0.39, 0.29) is 18.4 Å². The maximum atomic E-state index is 12.6. The van der Waals surface area contributed by atoms with Crippen molar-refractivity contribution in [2.75, 3.05) is 26.8 Å². The first-order valence-electron chi connectivity index (χ1n) is 9.16. The summed E-state index contributed by atoms with van der Waals surface area (Å²) in [6, 6.07) is 5.00. The van der Waals surface area contributed by atoms with Gasteiger partial charge >= 0.3 is 5.97 Å². The maximum absolute atomic E-state index is 12.6. The minimum Gasteiger partial charge on any atom is -0.468 e. The van der Waals surface area contributed by atoms with Gasteiger partial charge in [0.25, 0.3) is 5.91 Å². The Kier molecular flexibility index (Phi) is 5.00. The lowest BCUT2D eigenvalue weighted by atomic mass is 9.97. The van der Waals surface area contributed by atoms with Crippen molar-refractivity contribution in [1.29, 1.82) is 0 Å². The number of methoxy groups -OCH3 is 1. The van der Waals surface area contributed by atoms with Crippen LogP contribution in [0.4, 0.5) is 0 Å². The van der Waals surface area contributed by atoms with Crippen LogP contribution >= 0.6 is 15.9 Å². The Hall–Kier alpha value is -1.48. The fourth-order valence-electron chi connectivity index (χ4n) is 4.48. The number of fused-ring (bicyclic) bond motifs is 1. The Bertz CT molecular complexity index is 764. The summed E-state index contributed by atoms with van der Waals surface area (Å²) in [5.74, 6) is -0.474. The molecule has 1 amide bonds. The third kappa shape index (κ3) is 3.40. The molecular weight excluding hydrogens is 416 g/mol. The highest BCUT2D eigenvalue weighted by atomic mass is 79.9. The number of ether oxygens (including phenoxy) is 2. The molecule has 4 rings (SSSR count). The largest absolute Gasteiger partial charge is 0.468 e. The van der Waals surface area contributed by atoms with Gasteiger partial charge in [-0.05, 0) is 36.6 Å². The number of hydrogen-bond acceptors (Lipinski definition) is 6. The molecule has 3 heterocycles. The van der Waals surface area contributed by atoms with Crippen LogP contribution in [-0.4, -0.2) is 71.5 Å². The van der Waals surface area contributed by atoms with E-state index in [2.05, 4.69) is 15.9 Å². The molecule has 0 bridgehead atoms. The molecule has 1 aromatic carbocycles. The Morgan fingerprint density at radius 1 is 1.52 bits per heavy atom. The quantitative estimate of drug-likeness (QED) is 0.717. The second-order valence-electron chi connectivity index (χ2n) is 7.52. The molecule has 1 spiro atoms. The predicted molar refractivity (Wildman–Crippen MR) is 99.9 cm³/mol. The topological polar surface area (TPSA) is 79.3 Å². The van der Waals surface area contributed by atoms with Gasteiger partial charge in [0.2, 0.25) is 0 Å². The van der Waals surface area contributed by atoms with Crippen LogP contribution in [0.3, 0.4) is 0 Å². The molecule has 2 saturated heterocycles. The fraction of sp³-hybridized carbons (Fsp3) is 0.579. The summed E-state index contributed by atoms with van der Waals surface area (Å²) >= 11 is 3.42. The van der Waals surface area contributed by atoms with Gasteiger partial charge in [0, 0.05) is 36.2 Å². The van der Waals surface area contributed by atoms with Crippen molar-refractivity contribution >= 4 is 27.8 Å². The SMILES string of the molecule is COC(=O)[C@@H]1CC2(CCCO2)CN1C(O)CN1Cc2cc(Br)ccc2C1=O. The Morgan fingerprint density at radius 3 is 3.04 bits per heavy atom. The number of benzene rings is 1. The molecule has 0 radical (unpaired) electrons. The van der Waals surface area contributed by atoms with Crippen molar-refractivity contribution in [2.45, 2.75) is 43.7 Å². The molecule has 0 saturated carbocycles. The summed E-state index contributed by atoms with van der Waals surface area (Å²) in [7, 11) is 1.35. The zero-order valence-electron chi connectivity index (χ0n) is 15.2. The third-order valence-corrected chi connectivity index (χ3v) is 6.30. The number of β-amino-alcohol motifs (C(OH)–C–C–N with tert-alkyl or cyclic N) is 1. The molecule has 3 aliphatic heterocycles. The van der Waals surface area contributed by atoms with E-state index in [0.717, 1.165) is 22.9 Å². The molecular formula is C19H23BrN2O5. The van der Waals surface area contributed by atoms with Crippen LogP contribution < -0.4 is 0 Å². The molecule has 27 heavy (non-hydrogen) atoms. The van der Waals surface area contributed by atoms with E-state index in [0.29, 0.717) is 31.7 Å². The highest BCUT2D eigenvalue weighted by Gasteiger charge is 2.52. The van der Waals surface area contributed by atoms with Crippen molar-refractivity contribution < 1.29 is 24.2 Å². The summed E-state index contributed by atoms with van der Waals surface area (Å²) in [4.78, 5) is 28.3. The number of likely N-dealkylation sites (tertiary alicyclic amines) is 1. The van der Waals surface area contributed by atoms with E-state index >= 15 is 0 Å². The molecule has 1 aromatic rings. The number of carbonyl (C=O) groups is 2. The fourth-order valence-corrected chi connectivity index (χ4v) is 4.89. The van der Waals surface area contributed by atoms with E-state index in [1.54, 1.807) is 15.9 Å². The van der Waals surface area contributed by atoms with Crippen LogP contribution in [-0.2, 0) is 20.8 Å². The standard InChI is InChI=1S/C19H23BrN2O5/c1-26-18(25)15-8-19(5-2-6-27-19)11-22(15)16(23)10-21-9-12-7-13(20)3-4-14(12)17(21)24/h3-4,7,15-16,23H,2,5-6,8-11H2,1H3/t15-,16?,19?/m0/s1. The van der Waals surface area contributed by atoms with Crippen LogP contribution in [0.2, 0.25) is 0 Å². The maximum Gasteiger partial charge on any atom is 0.323 e. The number of rotatable bonds is 4.